The molecule has 0 N–H and O–H groups in total. The van der Waals surface area contributed by atoms with Gasteiger partial charge < -0.3 is 9.80 Å². The van der Waals surface area contributed by atoms with Crippen molar-refractivity contribution >= 4 is 17.9 Å². The molecule has 124 valence electrons. The molecule has 1 aromatic carbocycles. The Morgan fingerprint density at radius 1 is 1.22 bits per heavy atom. The summed E-state index contributed by atoms with van der Waals surface area (Å²) in [6.45, 7) is 7.97. The van der Waals surface area contributed by atoms with Gasteiger partial charge >= 0.3 is 0 Å². The van der Waals surface area contributed by atoms with Gasteiger partial charge in [0.15, 0.2) is 0 Å². The normalized spacial score (nSPS) is 16.0. The third kappa shape index (κ3) is 4.18. The first-order chi connectivity index (χ1) is 10.9. The van der Waals surface area contributed by atoms with Gasteiger partial charge in [-0.05, 0) is 41.7 Å². The van der Waals surface area contributed by atoms with Crippen LogP contribution < -0.4 is 0 Å². The maximum Gasteiger partial charge on any atom is 0.246 e. The number of piperazine rings is 1. The van der Waals surface area contributed by atoms with Crippen LogP contribution in [0.15, 0.2) is 24.3 Å². The van der Waals surface area contributed by atoms with Gasteiger partial charge in [0.2, 0.25) is 12.3 Å². The van der Waals surface area contributed by atoms with Crippen LogP contribution in [-0.4, -0.2) is 48.3 Å². The fourth-order valence-corrected chi connectivity index (χ4v) is 2.68. The first kappa shape index (κ1) is 17.2. The van der Waals surface area contributed by atoms with Crippen molar-refractivity contribution in [2.75, 3.05) is 26.2 Å². The van der Waals surface area contributed by atoms with E-state index < -0.39 is 0 Å². The van der Waals surface area contributed by atoms with E-state index in [4.69, 9.17) is 0 Å². The molecule has 1 aliphatic heterocycles. The lowest BCUT2D eigenvalue weighted by Gasteiger charge is -2.32. The number of hydrogen-bond acceptors (Lipinski definition) is 2. The van der Waals surface area contributed by atoms with Crippen LogP contribution >= 0.6 is 0 Å². The lowest BCUT2D eigenvalue weighted by atomic mass is 9.93. The highest BCUT2D eigenvalue weighted by molar-refractivity contribution is 5.95. The third-order valence-corrected chi connectivity index (χ3v) is 4.17. The number of carbonyl (C=O) groups excluding carboxylic acids is 2. The third-order valence-electron chi connectivity index (χ3n) is 4.17. The minimum Gasteiger partial charge on any atom is -0.342 e. The summed E-state index contributed by atoms with van der Waals surface area (Å²) in [6, 6.07) is 4.93. The van der Waals surface area contributed by atoms with Crippen molar-refractivity contribution in [1.82, 2.24) is 9.80 Å². The second kappa shape index (κ2) is 7.40. The fourth-order valence-electron chi connectivity index (χ4n) is 2.68. The zero-order valence-corrected chi connectivity index (χ0v) is 13.9. The highest BCUT2D eigenvalue weighted by Crippen LogP contribution is 2.25. The fraction of sp³-hybridized carbons (Fsp3) is 0.444. The Kier molecular flexibility index (Phi) is 5.53. The van der Waals surface area contributed by atoms with Crippen LogP contribution in [-0.2, 0) is 9.59 Å². The zero-order chi connectivity index (χ0) is 17.0. The molecule has 0 radical (unpaired) electrons. The first-order valence-electron chi connectivity index (χ1n) is 7.88. The number of amides is 2. The quantitative estimate of drug-likeness (QED) is 0.632. The van der Waals surface area contributed by atoms with E-state index in [1.807, 2.05) is 13.8 Å². The number of carbonyl (C=O) groups is 2. The zero-order valence-electron chi connectivity index (χ0n) is 13.9. The van der Waals surface area contributed by atoms with Crippen LogP contribution in [0.2, 0.25) is 0 Å². The molecular weight excluding hydrogens is 295 g/mol. The molecule has 5 heteroatoms. The van der Waals surface area contributed by atoms with E-state index in [9.17, 15) is 14.0 Å². The van der Waals surface area contributed by atoms with E-state index in [1.165, 1.54) is 6.07 Å². The van der Waals surface area contributed by atoms with E-state index in [0.29, 0.717) is 31.7 Å². The van der Waals surface area contributed by atoms with Crippen LogP contribution in [0, 0.1) is 18.7 Å². The Hall–Kier alpha value is -2.17. The van der Waals surface area contributed by atoms with Crippen molar-refractivity contribution in [3.05, 3.63) is 41.2 Å². The maximum absolute atomic E-state index is 13.5. The number of halogens is 1. The molecule has 2 rings (SSSR count). The van der Waals surface area contributed by atoms with Crippen molar-refractivity contribution < 1.29 is 14.0 Å². The van der Waals surface area contributed by atoms with Gasteiger partial charge in [0.1, 0.15) is 5.82 Å². The predicted octanol–water partition coefficient (Wildman–Crippen LogP) is 2.47. The van der Waals surface area contributed by atoms with E-state index in [0.717, 1.165) is 17.5 Å². The number of hydrogen-bond donors (Lipinski definition) is 0. The minimum absolute atomic E-state index is 0.0544. The minimum atomic E-state index is -0.242. The van der Waals surface area contributed by atoms with E-state index in [2.05, 4.69) is 0 Å². The lowest BCUT2D eigenvalue weighted by molar-refractivity contribution is -0.130. The van der Waals surface area contributed by atoms with E-state index in [1.54, 1.807) is 34.9 Å². The van der Waals surface area contributed by atoms with E-state index >= 15 is 0 Å². The van der Waals surface area contributed by atoms with Gasteiger partial charge in [-0.1, -0.05) is 19.9 Å². The molecule has 1 aliphatic rings. The average Bonchev–Trinajstić information content (AvgIpc) is 2.55. The molecule has 1 fully saturated rings. The van der Waals surface area contributed by atoms with Crippen LogP contribution in [0.3, 0.4) is 0 Å². The topological polar surface area (TPSA) is 40.6 Å². The van der Waals surface area contributed by atoms with Crippen molar-refractivity contribution in [1.29, 1.82) is 0 Å². The summed E-state index contributed by atoms with van der Waals surface area (Å²) in [5, 5.41) is 0. The average molecular weight is 318 g/mol. The van der Waals surface area contributed by atoms with Gasteiger partial charge in [-0.3, -0.25) is 9.59 Å². The molecule has 1 heterocycles. The van der Waals surface area contributed by atoms with Gasteiger partial charge in [-0.2, -0.15) is 0 Å². The highest BCUT2D eigenvalue weighted by Gasteiger charge is 2.20. The molecule has 0 saturated carbocycles. The Morgan fingerprint density at radius 2 is 1.87 bits per heavy atom. The summed E-state index contributed by atoms with van der Waals surface area (Å²) in [4.78, 5) is 26.6. The van der Waals surface area contributed by atoms with E-state index in [-0.39, 0.29) is 17.6 Å². The lowest BCUT2D eigenvalue weighted by Crippen LogP contribution is -2.47. The van der Waals surface area contributed by atoms with Crippen molar-refractivity contribution in [2.45, 2.75) is 20.8 Å². The number of rotatable bonds is 4. The Balaban J connectivity index is 2.20. The molecule has 1 aromatic rings. The van der Waals surface area contributed by atoms with Gasteiger partial charge in [0.05, 0.1) is 0 Å². The van der Waals surface area contributed by atoms with Crippen molar-refractivity contribution in [3.63, 3.8) is 0 Å². The summed E-state index contributed by atoms with van der Waals surface area (Å²) in [6.07, 6.45) is 2.46. The van der Waals surface area contributed by atoms with Crippen LogP contribution in [0.5, 0.6) is 0 Å². The molecule has 0 atom stereocenters. The summed E-state index contributed by atoms with van der Waals surface area (Å²) in [7, 11) is 0. The van der Waals surface area contributed by atoms with Gasteiger partial charge in [-0.25, -0.2) is 4.39 Å². The number of allylic oxidation sites excluding steroid dienone is 1. The predicted molar refractivity (Wildman–Crippen MR) is 88.2 cm³/mol. The second-order valence-electron chi connectivity index (χ2n) is 6.19. The molecule has 1 saturated heterocycles. The largest absolute Gasteiger partial charge is 0.342 e. The Morgan fingerprint density at radius 3 is 2.39 bits per heavy atom. The molecule has 0 bridgehead atoms. The van der Waals surface area contributed by atoms with Crippen LogP contribution in [0.4, 0.5) is 4.39 Å². The SMILES string of the molecule is Cc1cc(/C(=C/C(=O)N2CCN(C=O)CC2)C(C)C)ccc1F. The van der Waals surface area contributed by atoms with Gasteiger partial charge in [0.25, 0.3) is 0 Å². The van der Waals surface area contributed by atoms with Crippen LogP contribution in [0.25, 0.3) is 5.57 Å². The first-order valence-corrected chi connectivity index (χ1v) is 7.88. The van der Waals surface area contributed by atoms with Crippen molar-refractivity contribution in [2.24, 2.45) is 5.92 Å². The van der Waals surface area contributed by atoms with Gasteiger partial charge in [-0.15, -0.1) is 0 Å². The molecule has 0 aliphatic carbocycles. The molecule has 0 unspecified atom stereocenters. The maximum atomic E-state index is 13.5. The number of nitrogens with zero attached hydrogens (tertiary/aromatic N) is 2. The summed E-state index contributed by atoms with van der Waals surface area (Å²) >= 11 is 0. The number of benzene rings is 1. The monoisotopic (exact) mass is 318 g/mol. The molecule has 23 heavy (non-hydrogen) atoms. The molecule has 2 amide bonds. The standard InChI is InChI=1S/C18H23FN2O2/c1-13(2)16(15-4-5-17(19)14(3)10-15)11-18(23)21-8-6-20(12-22)7-9-21/h4-5,10-13H,6-9H2,1-3H3/b16-11+. The summed E-state index contributed by atoms with van der Waals surface area (Å²) < 4.78 is 13.5. The molecule has 0 spiro atoms. The Bertz CT molecular complexity index is 617. The smallest absolute Gasteiger partial charge is 0.246 e. The molecule has 4 nitrogen and oxygen atoms in total. The second-order valence-corrected chi connectivity index (χ2v) is 6.19. The summed E-state index contributed by atoms with van der Waals surface area (Å²) in [5.41, 5.74) is 2.34. The molecular formula is C18H23FN2O2. The Labute approximate surface area is 136 Å². The van der Waals surface area contributed by atoms with Crippen molar-refractivity contribution in [3.8, 4) is 0 Å². The number of aryl methyl sites for hydroxylation is 1. The highest BCUT2D eigenvalue weighted by atomic mass is 19.1. The van der Waals surface area contributed by atoms with Gasteiger partial charge in [0, 0.05) is 32.3 Å². The summed E-state index contributed by atoms with van der Waals surface area (Å²) in [5.74, 6) is -0.144. The molecule has 0 aromatic heterocycles. The van der Waals surface area contributed by atoms with Crippen LogP contribution in [0.1, 0.15) is 25.0 Å².